The summed E-state index contributed by atoms with van der Waals surface area (Å²) in [4.78, 5) is 25.4. The molecule has 4 nitrogen and oxygen atoms in total. The Kier molecular flexibility index (Phi) is 9.21. The first kappa shape index (κ1) is 18.9. The van der Waals surface area contributed by atoms with Gasteiger partial charge >= 0.3 is 5.97 Å². The summed E-state index contributed by atoms with van der Waals surface area (Å²) in [5.41, 5.74) is 0. The number of hydrogen-bond acceptors (Lipinski definition) is 3. The molecule has 0 aromatic heterocycles. The average molecular weight is 299 g/mol. The molecule has 0 saturated carbocycles. The Bertz CT molecular complexity index is 327. The van der Waals surface area contributed by atoms with Crippen LogP contribution >= 0.6 is 0 Å². The van der Waals surface area contributed by atoms with Gasteiger partial charge in [-0.25, -0.2) is 4.79 Å². The molecule has 0 radical (unpaired) electrons. The van der Waals surface area contributed by atoms with E-state index in [4.69, 9.17) is 4.43 Å². The van der Waals surface area contributed by atoms with Gasteiger partial charge in [0.15, 0.2) is 0 Å². The zero-order chi connectivity index (χ0) is 15.6. The third-order valence-corrected chi connectivity index (χ3v) is 3.46. The maximum absolute atomic E-state index is 12.1. The molecule has 0 spiro atoms. The molecule has 0 N–H and O–H groups in total. The van der Waals surface area contributed by atoms with Crippen molar-refractivity contribution in [1.29, 1.82) is 0 Å². The molecule has 0 aliphatic heterocycles. The molecule has 0 aliphatic rings. The number of amides is 1. The minimum absolute atomic E-state index is 0.0978. The van der Waals surface area contributed by atoms with Crippen molar-refractivity contribution in [3.05, 3.63) is 12.2 Å². The van der Waals surface area contributed by atoms with E-state index in [0.717, 1.165) is 38.8 Å². The second-order valence-electron chi connectivity index (χ2n) is 5.90. The maximum atomic E-state index is 12.1. The lowest BCUT2D eigenvalue weighted by atomic mass is 10.2. The van der Waals surface area contributed by atoms with Crippen LogP contribution in [0.15, 0.2) is 12.2 Å². The van der Waals surface area contributed by atoms with Gasteiger partial charge in [0, 0.05) is 25.2 Å². The summed E-state index contributed by atoms with van der Waals surface area (Å²) in [5.74, 6) is -0.511. The van der Waals surface area contributed by atoms with Crippen LogP contribution in [0.2, 0.25) is 19.6 Å². The molecule has 0 aliphatic carbocycles. The molecular formula is C15H29NO3Si. The Labute approximate surface area is 124 Å². The lowest BCUT2D eigenvalue weighted by Crippen LogP contribution is -2.32. The van der Waals surface area contributed by atoms with Crippen LogP contribution in [0.25, 0.3) is 0 Å². The Morgan fingerprint density at radius 3 is 1.90 bits per heavy atom. The predicted octanol–water partition coefficient (Wildman–Crippen LogP) is 3.35. The van der Waals surface area contributed by atoms with Gasteiger partial charge in [0.05, 0.1) is 0 Å². The van der Waals surface area contributed by atoms with E-state index in [1.54, 1.807) is 0 Å². The van der Waals surface area contributed by atoms with Gasteiger partial charge < -0.3 is 9.33 Å². The summed E-state index contributed by atoms with van der Waals surface area (Å²) < 4.78 is 5.27. The summed E-state index contributed by atoms with van der Waals surface area (Å²) >= 11 is 0. The molecule has 0 saturated heterocycles. The van der Waals surface area contributed by atoms with Crippen LogP contribution in [0.4, 0.5) is 0 Å². The van der Waals surface area contributed by atoms with Crippen LogP contribution in [0.5, 0.6) is 0 Å². The van der Waals surface area contributed by atoms with E-state index in [1.807, 2.05) is 24.5 Å². The molecule has 1 amide bonds. The molecule has 0 aromatic carbocycles. The lowest BCUT2D eigenvalue weighted by Gasteiger charge is -2.21. The Morgan fingerprint density at radius 1 is 1.00 bits per heavy atom. The number of carbonyl (C=O) groups is 2. The van der Waals surface area contributed by atoms with E-state index in [-0.39, 0.29) is 5.91 Å². The first-order valence-corrected chi connectivity index (χ1v) is 10.9. The summed E-state index contributed by atoms with van der Waals surface area (Å²) in [5, 5.41) is 0. The molecule has 5 heteroatoms. The van der Waals surface area contributed by atoms with E-state index < -0.39 is 14.3 Å². The minimum atomic E-state index is -1.89. The van der Waals surface area contributed by atoms with Crippen LogP contribution in [0.3, 0.4) is 0 Å². The fourth-order valence-electron chi connectivity index (χ4n) is 1.61. The highest BCUT2D eigenvalue weighted by atomic mass is 28.4. The van der Waals surface area contributed by atoms with Crippen LogP contribution in [-0.2, 0) is 14.0 Å². The minimum Gasteiger partial charge on any atom is -0.517 e. The fraction of sp³-hybridized carbons (Fsp3) is 0.733. The van der Waals surface area contributed by atoms with E-state index in [9.17, 15) is 9.59 Å². The highest BCUT2D eigenvalue weighted by Gasteiger charge is 2.18. The summed E-state index contributed by atoms with van der Waals surface area (Å²) in [7, 11) is -1.89. The molecule has 0 aromatic rings. The summed E-state index contributed by atoms with van der Waals surface area (Å²) in [6, 6.07) is 0. The summed E-state index contributed by atoms with van der Waals surface area (Å²) in [6.07, 6.45) is 6.68. The molecule has 0 heterocycles. The standard InChI is InChI=1S/C15H29NO3Si/c1-6-8-12-16(13-9-7-2)14(17)10-11-15(18)19-20(3,4)5/h10-11H,6-9,12-13H2,1-5H3/b11-10+. The second-order valence-corrected chi connectivity index (χ2v) is 10.3. The number of carbonyl (C=O) groups excluding carboxylic acids is 2. The van der Waals surface area contributed by atoms with Gasteiger partial charge in [-0.05, 0) is 32.5 Å². The predicted molar refractivity (Wildman–Crippen MR) is 85.0 cm³/mol. The normalized spacial score (nSPS) is 11.7. The van der Waals surface area contributed by atoms with E-state index in [1.165, 1.54) is 12.2 Å². The number of unbranched alkanes of at least 4 members (excludes halogenated alkanes) is 2. The van der Waals surface area contributed by atoms with Crippen molar-refractivity contribution in [3.8, 4) is 0 Å². The highest BCUT2D eigenvalue weighted by molar-refractivity contribution is 6.71. The van der Waals surface area contributed by atoms with Crippen LogP contribution in [0, 0.1) is 0 Å². The number of hydrogen-bond donors (Lipinski definition) is 0. The van der Waals surface area contributed by atoms with Crippen molar-refractivity contribution < 1.29 is 14.0 Å². The van der Waals surface area contributed by atoms with Crippen LogP contribution in [-0.4, -0.2) is 38.2 Å². The summed E-state index contributed by atoms with van der Waals surface area (Å²) in [6.45, 7) is 11.5. The Balaban J connectivity index is 4.45. The van der Waals surface area contributed by atoms with Crippen molar-refractivity contribution in [1.82, 2.24) is 4.90 Å². The van der Waals surface area contributed by atoms with Crippen LogP contribution < -0.4 is 0 Å². The smallest absolute Gasteiger partial charge is 0.317 e. The van der Waals surface area contributed by atoms with Crippen molar-refractivity contribution >= 4 is 20.2 Å². The highest BCUT2D eigenvalue weighted by Crippen LogP contribution is 2.04. The van der Waals surface area contributed by atoms with Crippen LogP contribution in [0.1, 0.15) is 39.5 Å². The monoisotopic (exact) mass is 299 g/mol. The zero-order valence-corrected chi connectivity index (χ0v) is 14.6. The molecule has 0 atom stereocenters. The zero-order valence-electron chi connectivity index (χ0n) is 13.6. The maximum Gasteiger partial charge on any atom is 0.317 e. The van der Waals surface area contributed by atoms with E-state index >= 15 is 0 Å². The van der Waals surface area contributed by atoms with Gasteiger partial charge in [-0.15, -0.1) is 0 Å². The molecule has 0 unspecified atom stereocenters. The van der Waals surface area contributed by atoms with Crippen molar-refractivity contribution in [2.24, 2.45) is 0 Å². The molecule has 0 fully saturated rings. The number of rotatable bonds is 9. The molecule has 0 rings (SSSR count). The molecule has 20 heavy (non-hydrogen) atoms. The van der Waals surface area contributed by atoms with Gasteiger partial charge in [0.25, 0.3) is 0 Å². The van der Waals surface area contributed by atoms with E-state index in [2.05, 4.69) is 13.8 Å². The first-order valence-electron chi connectivity index (χ1n) is 7.50. The fourth-order valence-corrected chi connectivity index (χ4v) is 2.28. The van der Waals surface area contributed by atoms with Gasteiger partial charge in [0.1, 0.15) is 0 Å². The topological polar surface area (TPSA) is 46.6 Å². The lowest BCUT2D eigenvalue weighted by molar-refractivity contribution is -0.131. The van der Waals surface area contributed by atoms with Crippen molar-refractivity contribution in [2.75, 3.05) is 13.1 Å². The molecule has 116 valence electrons. The molecular weight excluding hydrogens is 270 g/mol. The van der Waals surface area contributed by atoms with Gasteiger partial charge in [-0.2, -0.15) is 0 Å². The van der Waals surface area contributed by atoms with Gasteiger partial charge in [-0.1, -0.05) is 26.7 Å². The Morgan fingerprint density at radius 2 is 1.50 bits per heavy atom. The largest absolute Gasteiger partial charge is 0.517 e. The van der Waals surface area contributed by atoms with Gasteiger partial charge in [-0.3, -0.25) is 4.79 Å². The average Bonchev–Trinajstić information content (AvgIpc) is 2.34. The number of nitrogens with zero attached hydrogens (tertiary/aromatic N) is 1. The SMILES string of the molecule is CCCCN(CCCC)C(=O)/C=C/C(=O)O[Si](C)(C)C. The third kappa shape index (κ3) is 9.78. The van der Waals surface area contributed by atoms with Gasteiger partial charge in [0.2, 0.25) is 14.2 Å². The van der Waals surface area contributed by atoms with E-state index in [0.29, 0.717) is 0 Å². The van der Waals surface area contributed by atoms with Crippen molar-refractivity contribution in [3.63, 3.8) is 0 Å². The second kappa shape index (κ2) is 9.75. The quantitative estimate of drug-likeness (QED) is 0.484. The first-order chi connectivity index (χ1) is 9.30. The molecule has 0 bridgehead atoms. The third-order valence-electron chi connectivity index (χ3n) is 2.64. The Hall–Kier alpha value is -1.10. The van der Waals surface area contributed by atoms with Crippen molar-refractivity contribution in [2.45, 2.75) is 59.2 Å².